The summed E-state index contributed by atoms with van der Waals surface area (Å²) in [4.78, 5) is 0. The van der Waals surface area contributed by atoms with Crippen LogP contribution in [0, 0.1) is 10.8 Å². The molecule has 0 saturated carbocycles. The number of rotatable bonds is 3. The molecule has 1 aliphatic carbocycles. The van der Waals surface area contributed by atoms with Crippen molar-refractivity contribution in [2.24, 2.45) is 10.8 Å². The molecule has 0 amide bonds. The molecule has 0 fully saturated rings. The Morgan fingerprint density at radius 2 is 0.667 bits per heavy atom. The van der Waals surface area contributed by atoms with Crippen molar-refractivity contribution >= 4 is 64.6 Å². The lowest BCUT2D eigenvalue weighted by Gasteiger charge is -2.54. The molecule has 0 unspecified atom stereocenters. The quantitative estimate of drug-likeness (QED) is 0.123. The van der Waals surface area contributed by atoms with Crippen molar-refractivity contribution in [2.45, 2.75) is 47.0 Å². The van der Waals surface area contributed by atoms with Crippen LogP contribution in [0.25, 0.3) is 109 Å². The molecule has 0 N–H and O–H groups in total. The monoisotopic (exact) mass is 806 g/mol. The first kappa shape index (κ1) is 37.7. The van der Waals surface area contributed by atoms with Crippen molar-refractivity contribution in [1.29, 1.82) is 0 Å². The van der Waals surface area contributed by atoms with E-state index < -0.39 is 0 Å². The summed E-state index contributed by atoms with van der Waals surface area (Å²) in [7, 11) is 0. The zero-order valence-corrected chi connectivity index (χ0v) is 37.0. The molecule has 63 heavy (non-hydrogen) atoms. The van der Waals surface area contributed by atoms with Crippen LogP contribution in [0.5, 0.6) is 0 Å². The lowest BCUT2D eigenvalue weighted by Crippen LogP contribution is -2.50. The Balaban J connectivity index is 1.19. The van der Waals surface area contributed by atoms with E-state index >= 15 is 0 Å². The minimum atomic E-state index is -0.321. The summed E-state index contributed by atoms with van der Waals surface area (Å²) >= 11 is 0. The molecule has 0 atom stereocenters. The van der Waals surface area contributed by atoms with E-state index in [4.69, 9.17) is 0 Å². The van der Waals surface area contributed by atoms with Gasteiger partial charge in [-0.25, -0.2) is 0 Å². The maximum absolute atomic E-state index is 2.61. The molecule has 0 heterocycles. The van der Waals surface area contributed by atoms with Gasteiger partial charge in [0.2, 0.25) is 0 Å². The van der Waals surface area contributed by atoms with Crippen molar-refractivity contribution < 1.29 is 0 Å². The lowest BCUT2D eigenvalue weighted by molar-refractivity contribution is 0.0977. The average Bonchev–Trinajstić information content (AvgIpc) is 3.64. The molecule has 302 valence electrons. The van der Waals surface area contributed by atoms with Crippen LogP contribution in [0.1, 0.15) is 52.7 Å². The SMILES string of the molecule is CC(C)(C)C1(C(C)(C)C)c2c(cc(-c3c4ccccc4c(-c4ccc(-c5cccc6ccccc56)cc4)c4ccccc34)c3ccccc23)-c2c1c1ccccc1c1ccccc21. The molecule has 0 bridgehead atoms. The van der Waals surface area contributed by atoms with Gasteiger partial charge in [0.1, 0.15) is 0 Å². The smallest absolute Gasteiger partial charge is 0.0324 e. The Labute approximate surface area is 370 Å². The molecule has 0 aromatic heterocycles. The van der Waals surface area contributed by atoms with Crippen LogP contribution in [-0.4, -0.2) is 0 Å². The van der Waals surface area contributed by atoms with Gasteiger partial charge in [-0.2, -0.15) is 0 Å². The van der Waals surface area contributed by atoms with E-state index in [2.05, 4.69) is 236 Å². The van der Waals surface area contributed by atoms with E-state index in [1.165, 1.54) is 120 Å². The van der Waals surface area contributed by atoms with Gasteiger partial charge in [0.05, 0.1) is 0 Å². The zero-order valence-electron chi connectivity index (χ0n) is 37.0. The Kier molecular flexibility index (Phi) is 8.08. The van der Waals surface area contributed by atoms with Gasteiger partial charge < -0.3 is 0 Å². The summed E-state index contributed by atoms with van der Waals surface area (Å²) in [6.07, 6.45) is 0. The predicted molar refractivity (Wildman–Crippen MR) is 273 cm³/mol. The van der Waals surface area contributed by atoms with Crippen LogP contribution in [0.15, 0.2) is 194 Å². The number of hydrogen-bond acceptors (Lipinski definition) is 0. The summed E-state index contributed by atoms with van der Waals surface area (Å²) in [5, 5.41) is 15.6. The van der Waals surface area contributed by atoms with Crippen LogP contribution >= 0.6 is 0 Å². The second kappa shape index (κ2) is 13.5. The van der Waals surface area contributed by atoms with Crippen molar-refractivity contribution in [3.63, 3.8) is 0 Å². The molecule has 1 aliphatic rings. The van der Waals surface area contributed by atoms with Gasteiger partial charge in [0, 0.05) is 5.41 Å². The first-order chi connectivity index (χ1) is 30.6. The van der Waals surface area contributed by atoms with Crippen molar-refractivity contribution in [1.82, 2.24) is 0 Å². The normalized spacial score (nSPS) is 13.7. The maximum Gasteiger partial charge on any atom is 0.0324 e. The number of benzene rings is 11. The van der Waals surface area contributed by atoms with Crippen LogP contribution in [0.3, 0.4) is 0 Å². The van der Waals surface area contributed by atoms with Crippen LogP contribution in [-0.2, 0) is 5.41 Å². The topological polar surface area (TPSA) is 0 Å². The predicted octanol–water partition coefficient (Wildman–Crippen LogP) is 18.0. The summed E-state index contributed by atoms with van der Waals surface area (Å²) in [5.41, 5.74) is 12.7. The third-order valence-corrected chi connectivity index (χ3v) is 14.7. The highest BCUT2D eigenvalue weighted by molar-refractivity contribution is 6.26. The second-order valence-corrected chi connectivity index (χ2v) is 19.9. The van der Waals surface area contributed by atoms with Crippen molar-refractivity contribution in [3.8, 4) is 44.5 Å². The molecule has 0 aliphatic heterocycles. The highest BCUT2D eigenvalue weighted by Gasteiger charge is 2.59. The summed E-state index contributed by atoms with van der Waals surface area (Å²) in [6.45, 7) is 14.9. The van der Waals surface area contributed by atoms with Gasteiger partial charge in [0.15, 0.2) is 0 Å². The van der Waals surface area contributed by atoms with E-state index in [0.29, 0.717) is 0 Å². The summed E-state index contributed by atoms with van der Waals surface area (Å²) in [5.74, 6) is 0. The van der Waals surface area contributed by atoms with Gasteiger partial charge in [-0.15, -0.1) is 0 Å². The first-order valence-electron chi connectivity index (χ1n) is 22.6. The zero-order chi connectivity index (χ0) is 42.8. The molecule has 0 nitrogen and oxygen atoms in total. The Hall–Kier alpha value is -7.02. The largest absolute Gasteiger partial charge is 0.0616 e. The highest BCUT2D eigenvalue weighted by atomic mass is 14.6. The maximum atomic E-state index is 2.61. The van der Waals surface area contributed by atoms with E-state index in [0.717, 1.165) is 0 Å². The van der Waals surface area contributed by atoms with Crippen LogP contribution in [0.2, 0.25) is 0 Å². The Morgan fingerprint density at radius 1 is 0.270 bits per heavy atom. The minimum Gasteiger partial charge on any atom is -0.0616 e. The lowest BCUT2D eigenvalue weighted by atomic mass is 9.49. The molecule has 0 saturated heterocycles. The third-order valence-electron chi connectivity index (χ3n) is 14.7. The van der Waals surface area contributed by atoms with Crippen molar-refractivity contribution in [3.05, 3.63) is 205 Å². The van der Waals surface area contributed by atoms with Gasteiger partial charge in [-0.1, -0.05) is 230 Å². The van der Waals surface area contributed by atoms with Gasteiger partial charge in [0.25, 0.3) is 0 Å². The number of hydrogen-bond donors (Lipinski definition) is 0. The minimum absolute atomic E-state index is 0.134. The second-order valence-electron chi connectivity index (χ2n) is 19.9. The Morgan fingerprint density at radius 3 is 1.22 bits per heavy atom. The average molecular weight is 807 g/mol. The molecule has 0 heteroatoms. The molecule has 11 aromatic carbocycles. The highest BCUT2D eigenvalue weighted by Crippen LogP contribution is 2.69. The first-order valence-corrected chi connectivity index (χ1v) is 22.6. The molecule has 12 rings (SSSR count). The van der Waals surface area contributed by atoms with E-state index in [1.54, 1.807) is 0 Å². The fourth-order valence-corrected chi connectivity index (χ4v) is 12.8. The fourth-order valence-electron chi connectivity index (χ4n) is 12.8. The van der Waals surface area contributed by atoms with Crippen LogP contribution in [0.4, 0.5) is 0 Å². The fraction of sp³-hybridized carbons (Fsp3) is 0.143. The van der Waals surface area contributed by atoms with Gasteiger partial charge in [-0.05, 0) is 137 Å². The number of fused-ring (bicyclic) bond motifs is 13. The third kappa shape index (κ3) is 5.16. The standard InChI is InChI=1S/C63H50/c1-61(2,3)63(62(4,5)6)59-52-31-17-11-25-46(52)54(38-55(59)58-47-26-12-9-23-44(47)45-24-10-18-32-53(45)60(58)63)57-50-29-15-13-27-48(50)56(49-28-14-16-30-51(49)57)41-36-34-40(35-37-41)43-33-19-21-39-20-7-8-22-42(39)43/h7-38H,1-6H3. The summed E-state index contributed by atoms with van der Waals surface area (Å²) in [6, 6.07) is 73.2. The molecular formula is C63H50. The van der Waals surface area contributed by atoms with E-state index in [9.17, 15) is 0 Å². The molecule has 0 spiro atoms. The van der Waals surface area contributed by atoms with Gasteiger partial charge >= 0.3 is 0 Å². The summed E-state index contributed by atoms with van der Waals surface area (Å²) < 4.78 is 0. The molecular weight excluding hydrogens is 757 g/mol. The van der Waals surface area contributed by atoms with Crippen LogP contribution < -0.4 is 0 Å². The van der Waals surface area contributed by atoms with Gasteiger partial charge in [-0.3, -0.25) is 0 Å². The van der Waals surface area contributed by atoms with Crippen molar-refractivity contribution in [2.75, 3.05) is 0 Å². The Bertz CT molecular complexity index is 3600. The van der Waals surface area contributed by atoms with E-state index in [-0.39, 0.29) is 16.2 Å². The van der Waals surface area contributed by atoms with E-state index in [1.807, 2.05) is 0 Å². The molecule has 0 radical (unpaired) electrons. The molecule has 11 aromatic rings.